The maximum Gasteiger partial charge on any atom is 0.219 e. The molecule has 3 N–H and O–H groups in total. The number of unbranched alkanes of at least 4 members (excludes halogenated alkanes) is 18. The zero-order valence-electron chi connectivity index (χ0n) is 25.1. The van der Waals surface area contributed by atoms with E-state index in [2.05, 4.69) is 29.8 Å². The van der Waals surface area contributed by atoms with Gasteiger partial charge in [-0.25, -0.2) is 0 Å². The SMILES string of the molecule is CNCCCCCCCCCCCC(=O)NCCCCCCCCCCCCNCCCCC(C)C. The number of rotatable bonds is 30. The molecule has 0 unspecified atom stereocenters. The molecule has 0 heterocycles. The minimum atomic E-state index is 0.265. The van der Waals surface area contributed by atoms with Crippen molar-refractivity contribution in [2.75, 3.05) is 33.2 Å². The first-order valence-electron chi connectivity index (χ1n) is 16.3. The minimum absolute atomic E-state index is 0.265. The van der Waals surface area contributed by atoms with E-state index in [0.717, 1.165) is 38.3 Å². The molecule has 0 aliphatic rings. The molecule has 0 saturated carbocycles. The first kappa shape index (κ1) is 35.4. The molecule has 0 atom stereocenters. The van der Waals surface area contributed by atoms with Crippen LogP contribution in [-0.2, 0) is 4.79 Å². The highest BCUT2D eigenvalue weighted by molar-refractivity contribution is 5.75. The Labute approximate surface area is 227 Å². The van der Waals surface area contributed by atoms with Crippen molar-refractivity contribution in [3.8, 4) is 0 Å². The first-order valence-corrected chi connectivity index (χ1v) is 16.3. The van der Waals surface area contributed by atoms with Gasteiger partial charge in [0, 0.05) is 13.0 Å². The van der Waals surface area contributed by atoms with Crippen molar-refractivity contribution in [3.63, 3.8) is 0 Å². The molecule has 216 valence electrons. The molecular formula is C32H67N3O. The van der Waals surface area contributed by atoms with Crippen LogP contribution < -0.4 is 16.0 Å². The summed E-state index contributed by atoms with van der Waals surface area (Å²) in [5, 5.41) is 9.93. The molecule has 0 saturated heterocycles. The smallest absolute Gasteiger partial charge is 0.219 e. The number of amides is 1. The molecule has 36 heavy (non-hydrogen) atoms. The fourth-order valence-electron chi connectivity index (χ4n) is 4.86. The van der Waals surface area contributed by atoms with Crippen LogP contribution in [0.25, 0.3) is 0 Å². The molecule has 0 aromatic carbocycles. The third-order valence-electron chi connectivity index (χ3n) is 7.32. The average Bonchev–Trinajstić information content (AvgIpc) is 2.86. The van der Waals surface area contributed by atoms with Gasteiger partial charge in [0.2, 0.25) is 5.91 Å². The van der Waals surface area contributed by atoms with Gasteiger partial charge in [0.15, 0.2) is 0 Å². The summed E-state index contributed by atoms with van der Waals surface area (Å²) in [6.07, 6.45) is 29.9. The maximum atomic E-state index is 12.0. The molecule has 4 nitrogen and oxygen atoms in total. The van der Waals surface area contributed by atoms with Crippen LogP contribution >= 0.6 is 0 Å². The van der Waals surface area contributed by atoms with Crippen molar-refractivity contribution in [2.24, 2.45) is 5.92 Å². The monoisotopic (exact) mass is 510 g/mol. The Morgan fingerprint density at radius 2 is 0.889 bits per heavy atom. The molecule has 0 spiro atoms. The summed E-state index contributed by atoms with van der Waals surface area (Å²) in [4.78, 5) is 12.0. The van der Waals surface area contributed by atoms with Crippen molar-refractivity contribution in [1.29, 1.82) is 0 Å². The van der Waals surface area contributed by atoms with Crippen molar-refractivity contribution in [2.45, 2.75) is 162 Å². The lowest BCUT2D eigenvalue weighted by atomic mass is 10.1. The molecule has 0 aromatic rings. The van der Waals surface area contributed by atoms with Gasteiger partial charge in [-0.2, -0.15) is 0 Å². The van der Waals surface area contributed by atoms with Crippen molar-refractivity contribution >= 4 is 5.91 Å². The number of hydrogen-bond acceptors (Lipinski definition) is 3. The van der Waals surface area contributed by atoms with Crippen molar-refractivity contribution < 1.29 is 4.79 Å². The average molecular weight is 510 g/mol. The molecule has 0 bridgehead atoms. The van der Waals surface area contributed by atoms with Crippen molar-refractivity contribution in [3.05, 3.63) is 0 Å². The van der Waals surface area contributed by atoms with Crippen LogP contribution in [0, 0.1) is 5.92 Å². The van der Waals surface area contributed by atoms with Gasteiger partial charge in [0.1, 0.15) is 0 Å². The fourth-order valence-corrected chi connectivity index (χ4v) is 4.86. The van der Waals surface area contributed by atoms with E-state index in [0.29, 0.717) is 0 Å². The number of carbonyl (C=O) groups excluding carboxylic acids is 1. The van der Waals surface area contributed by atoms with E-state index in [1.807, 2.05) is 7.05 Å². The van der Waals surface area contributed by atoms with Gasteiger partial charge in [-0.05, 0) is 64.7 Å². The van der Waals surface area contributed by atoms with E-state index in [1.165, 1.54) is 142 Å². The van der Waals surface area contributed by atoms with Crippen molar-refractivity contribution in [1.82, 2.24) is 16.0 Å². The van der Waals surface area contributed by atoms with Gasteiger partial charge in [0.05, 0.1) is 0 Å². The summed E-state index contributed by atoms with van der Waals surface area (Å²) in [7, 11) is 2.03. The Balaban J connectivity index is 3.14. The fraction of sp³-hybridized carbons (Fsp3) is 0.969. The summed E-state index contributed by atoms with van der Waals surface area (Å²) in [6, 6.07) is 0. The summed E-state index contributed by atoms with van der Waals surface area (Å²) in [5.41, 5.74) is 0. The lowest BCUT2D eigenvalue weighted by Crippen LogP contribution is -2.23. The van der Waals surface area contributed by atoms with Gasteiger partial charge in [-0.1, -0.05) is 123 Å². The van der Waals surface area contributed by atoms with Gasteiger partial charge in [0.25, 0.3) is 0 Å². The van der Waals surface area contributed by atoms with Crippen LogP contribution in [0.2, 0.25) is 0 Å². The first-order chi connectivity index (χ1) is 17.7. The third kappa shape index (κ3) is 31.4. The summed E-state index contributed by atoms with van der Waals surface area (Å²) >= 11 is 0. The van der Waals surface area contributed by atoms with E-state index in [-0.39, 0.29) is 5.91 Å². The highest BCUT2D eigenvalue weighted by atomic mass is 16.1. The van der Waals surface area contributed by atoms with Gasteiger partial charge >= 0.3 is 0 Å². The largest absolute Gasteiger partial charge is 0.356 e. The van der Waals surface area contributed by atoms with Crippen LogP contribution in [0.3, 0.4) is 0 Å². The second-order valence-electron chi connectivity index (χ2n) is 11.6. The van der Waals surface area contributed by atoms with Gasteiger partial charge in [-0.3, -0.25) is 4.79 Å². The quantitative estimate of drug-likeness (QED) is 0.0850. The van der Waals surface area contributed by atoms with E-state index >= 15 is 0 Å². The lowest BCUT2D eigenvalue weighted by molar-refractivity contribution is -0.121. The molecule has 0 radical (unpaired) electrons. The number of carbonyl (C=O) groups is 1. The van der Waals surface area contributed by atoms with Gasteiger partial charge < -0.3 is 16.0 Å². The number of nitrogens with one attached hydrogen (secondary N) is 3. The second kappa shape index (κ2) is 30.6. The predicted octanol–water partition coefficient (Wildman–Crippen LogP) is 8.54. The molecule has 0 aliphatic heterocycles. The zero-order valence-corrected chi connectivity index (χ0v) is 25.1. The van der Waals surface area contributed by atoms with E-state index in [4.69, 9.17) is 0 Å². The lowest BCUT2D eigenvalue weighted by Gasteiger charge is -2.07. The molecule has 1 amide bonds. The topological polar surface area (TPSA) is 53.2 Å². The summed E-state index contributed by atoms with van der Waals surface area (Å²) in [6.45, 7) is 9.06. The second-order valence-corrected chi connectivity index (χ2v) is 11.6. The standard InChI is InChI=1S/C32H67N3O/c1-31(2)25-20-24-29-34-28-22-17-13-9-4-5-10-14-18-23-30-35-32(36)26-19-15-11-7-6-8-12-16-21-27-33-3/h31,33-34H,4-30H2,1-3H3,(H,35,36). The Bertz CT molecular complexity index is 428. The predicted molar refractivity (Wildman–Crippen MR) is 161 cm³/mol. The van der Waals surface area contributed by atoms with Crippen LogP contribution in [-0.4, -0.2) is 39.1 Å². The molecular weight excluding hydrogens is 442 g/mol. The molecule has 4 heteroatoms. The van der Waals surface area contributed by atoms with Gasteiger partial charge in [-0.15, -0.1) is 0 Å². The minimum Gasteiger partial charge on any atom is -0.356 e. The van der Waals surface area contributed by atoms with Crippen LogP contribution in [0.1, 0.15) is 162 Å². The Kier molecular flexibility index (Phi) is 30.1. The highest BCUT2D eigenvalue weighted by Crippen LogP contribution is 2.12. The van der Waals surface area contributed by atoms with Crippen LogP contribution in [0.4, 0.5) is 0 Å². The zero-order chi connectivity index (χ0) is 26.4. The molecule has 0 aromatic heterocycles. The Hall–Kier alpha value is -0.610. The molecule has 0 aliphatic carbocycles. The summed E-state index contributed by atoms with van der Waals surface area (Å²) in [5.74, 6) is 1.12. The molecule has 0 fully saturated rings. The van der Waals surface area contributed by atoms with E-state index in [1.54, 1.807) is 0 Å². The Morgan fingerprint density at radius 1 is 0.500 bits per heavy atom. The third-order valence-corrected chi connectivity index (χ3v) is 7.32. The van der Waals surface area contributed by atoms with Crippen LogP contribution in [0.15, 0.2) is 0 Å². The van der Waals surface area contributed by atoms with E-state index in [9.17, 15) is 4.79 Å². The van der Waals surface area contributed by atoms with Crippen LogP contribution in [0.5, 0.6) is 0 Å². The summed E-state index contributed by atoms with van der Waals surface area (Å²) < 4.78 is 0. The number of hydrogen-bond donors (Lipinski definition) is 3. The van der Waals surface area contributed by atoms with E-state index < -0.39 is 0 Å². The molecule has 0 rings (SSSR count). The Morgan fingerprint density at radius 3 is 1.36 bits per heavy atom. The normalized spacial score (nSPS) is 11.4. The highest BCUT2D eigenvalue weighted by Gasteiger charge is 2.01. The maximum absolute atomic E-state index is 12.0.